The average molecular weight is 246 g/mol. The van der Waals surface area contributed by atoms with E-state index in [-0.39, 0.29) is 17.8 Å². The number of esters is 1. The number of ether oxygens (including phenoxy) is 1. The van der Waals surface area contributed by atoms with E-state index in [4.69, 9.17) is 4.74 Å². The number of allylic oxidation sites excluding steroid dienone is 4. The van der Waals surface area contributed by atoms with Crippen molar-refractivity contribution in [2.24, 2.45) is 23.7 Å². The van der Waals surface area contributed by atoms with Crippen molar-refractivity contribution in [3.05, 3.63) is 37.0 Å². The summed E-state index contributed by atoms with van der Waals surface area (Å²) < 4.78 is 5.23. The Balaban J connectivity index is 2.20. The summed E-state index contributed by atoms with van der Waals surface area (Å²) in [5.41, 5.74) is 1.32. The summed E-state index contributed by atoms with van der Waals surface area (Å²) in [7, 11) is 0. The lowest BCUT2D eigenvalue weighted by Gasteiger charge is -2.27. The molecule has 0 radical (unpaired) electrons. The van der Waals surface area contributed by atoms with E-state index in [2.05, 4.69) is 19.2 Å². The number of fused-ring (bicyclic) bond motifs is 1. The molecular weight excluding hydrogens is 224 g/mol. The van der Waals surface area contributed by atoms with Crippen molar-refractivity contribution < 1.29 is 9.53 Å². The number of carbonyl (C=O) groups is 1. The Labute approximate surface area is 109 Å². The molecule has 1 saturated carbocycles. The molecule has 98 valence electrons. The van der Waals surface area contributed by atoms with Crippen LogP contribution in [0.1, 0.15) is 26.2 Å². The summed E-state index contributed by atoms with van der Waals surface area (Å²) in [6, 6.07) is 0. The zero-order valence-electron chi connectivity index (χ0n) is 11.1. The van der Waals surface area contributed by atoms with E-state index < -0.39 is 0 Å². The molecule has 4 atom stereocenters. The third-order valence-corrected chi connectivity index (χ3v) is 4.34. The van der Waals surface area contributed by atoms with Crippen LogP contribution in [0.15, 0.2) is 37.0 Å². The van der Waals surface area contributed by atoms with Crippen LogP contribution in [-0.2, 0) is 9.53 Å². The van der Waals surface area contributed by atoms with Gasteiger partial charge < -0.3 is 4.74 Å². The van der Waals surface area contributed by atoms with Crippen LogP contribution in [0.25, 0.3) is 0 Å². The molecule has 2 aliphatic rings. The lowest BCUT2D eigenvalue weighted by Crippen LogP contribution is -2.28. The Morgan fingerprint density at radius 1 is 1.56 bits per heavy atom. The third kappa shape index (κ3) is 2.29. The summed E-state index contributed by atoms with van der Waals surface area (Å²) in [5.74, 6) is 1.15. The van der Waals surface area contributed by atoms with Crippen molar-refractivity contribution >= 4 is 5.97 Å². The molecule has 18 heavy (non-hydrogen) atoms. The maximum absolute atomic E-state index is 12.1. The van der Waals surface area contributed by atoms with E-state index in [1.165, 1.54) is 5.57 Å². The van der Waals surface area contributed by atoms with Crippen LogP contribution in [0.2, 0.25) is 0 Å². The highest BCUT2D eigenvalue weighted by atomic mass is 16.5. The number of rotatable bonds is 4. The number of hydrogen-bond donors (Lipinski definition) is 0. The fourth-order valence-electron chi connectivity index (χ4n) is 3.50. The molecule has 0 spiro atoms. The summed E-state index contributed by atoms with van der Waals surface area (Å²) in [6.45, 7) is 10.1. The van der Waals surface area contributed by atoms with Gasteiger partial charge in [0.1, 0.15) is 0 Å². The summed E-state index contributed by atoms with van der Waals surface area (Å²) in [6.07, 6.45) is 9.30. The van der Waals surface area contributed by atoms with Crippen LogP contribution in [-0.4, -0.2) is 12.6 Å². The first kappa shape index (κ1) is 13.1. The van der Waals surface area contributed by atoms with E-state index in [1.807, 2.05) is 19.1 Å². The average Bonchev–Trinajstić information content (AvgIpc) is 2.76. The van der Waals surface area contributed by atoms with Crippen LogP contribution in [0.4, 0.5) is 0 Å². The molecule has 0 amide bonds. The molecule has 0 saturated heterocycles. The van der Waals surface area contributed by atoms with Gasteiger partial charge in [0, 0.05) is 0 Å². The second-order valence-electron chi connectivity index (χ2n) is 5.23. The highest BCUT2D eigenvalue weighted by Crippen LogP contribution is 2.49. The van der Waals surface area contributed by atoms with E-state index >= 15 is 0 Å². The zero-order chi connectivity index (χ0) is 13.1. The highest BCUT2D eigenvalue weighted by Gasteiger charge is 2.46. The van der Waals surface area contributed by atoms with Crippen molar-refractivity contribution in [1.29, 1.82) is 0 Å². The molecule has 0 heterocycles. The molecule has 2 nitrogen and oxygen atoms in total. The maximum atomic E-state index is 12.1. The van der Waals surface area contributed by atoms with Gasteiger partial charge in [0.2, 0.25) is 0 Å². The first-order chi connectivity index (χ1) is 8.71. The summed E-state index contributed by atoms with van der Waals surface area (Å²) in [5, 5.41) is 0. The van der Waals surface area contributed by atoms with E-state index in [0.29, 0.717) is 18.4 Å². The van der Waals surface area contributed by atoms with E-state index in [1.54, 1.807) is 0 Å². The van der Waals surface area contributed by atoms with Crippen molar-refractivity contribution in [3.63, 3.8) is 0 Å². The second kappa shape index (κ2) is 5.55. The Morgan fingerprint density at radius 2 is 2.33 bits per heavy atom. The summed E-state index contributed by atoms with van der Waals surface area (Å²) in [4.78, 5) is 12.1. The minimum absolute atomic E-state index is 0.00932. The van der Waals surface area contributed by atoms with Gasteiger partial charge in [-0.05, 0) is 43.9 Å². The van der Waals surface area contributed by atoms with Crippen LogP contribution in [0.5, 0.6) is 0 Å². The molecule has 0 aromatic rings. The predicted molar refractivity (Wildman–Crippen MR) is 72.9 cm³/mol. The molecule has 2 unspecified atom stereocenters. The van der Waals surface area contributed by atoms with Gasteiger partial charge in [-0.1, -0.05) is 30.4 Å². The molecule has 0 aromatic carbocycles. The molecule has 2 aliphatic carbocycles. The van der Waals surface area contributed by atoms with Gasteiger partial charge in [-0.3, -0.25) is 4.79 Å². The molecular formula is C16H22O2. The smallest absolute Gasteiger partial charge is 0.309 e. The van der Waals surface area contributed by atoms with Crippen LogP contribution < -0.4 is 0 Å². The Bertz CT molecular complexity index is 381. The van der Waals surface area contributed by atoms with Crippen molar-refractivity contribution in [2.75, 3.05) is 6.61 Å². The topological polar surface area (TPSA) is 26.3 Å². The monoisotopic (exact) mass is 246 g/mol. The number of hydrogen-bond acceptors (Lipinski definition) is 2. The minimum Gasteiger partial charge on any atom is -0.466 e. The largest absolute Gasteiger partial charge is 0.466 e. The molecule has 0 bridgehead atoms. The standard InChI is InChI=1S/C16H22O2/c1-4-11-7-8-14-13(9-11)10-12(5-2)15(14)16(17)18-6-3/h4-5,9,12-15H,1-2,6-8,10H2,3H3/t12?,13?,14-,15+/m0/s1. The van der Waals surface area contributed by atoms with Crippen molar-refractivity contribution in [1.82, 2.24) is 0 Å². The quantitative estimate of drug-likeness (QED) is 0.560. The van der Waals surface area contributed by atoms with Crippen LogP contribution in [0, 0.1) is 23.7 Å². The lowest BCUT2D eigenvalue weighted by atomic mass is 9.78. The molecule has 2 heteroatoms. The summed E-state index contributed by atoms with van der Waals surface area (Å²) >= 11 is 0. The molecule has 1 fully saturated rings. The maximum Gasteiger partial charge on any atom is 0.309 e. The third-order valence-electron chi connectivity index (χ3n) is 4.34. The lowest BCUT2D eigenvalue weighted by molar-refractivity contribution is -0.150. The van der Waals surface area contributed by atoms with Gasteiger partial charge >= 0.3 is 5.97 Å². The zero-order valence-corrected chi connectivity index (χ0v) is 11.1. The first-order valence-electron chi connectivity index (χ1n) is 6.83. The SMILES string of the molecule is C=CC1=CC2CC(C=C)[C@@H](C(=O)OCC)[C@H]2CC1. The van der Waals surface area contributed by atoms with Gasteiger partial charge in [-0.2, -0.15) is 0 Å². The normalized spacial score (nSPS) is 34.4. The van der Waals surface area contributed by atoms with Crippen LogP contribution >= 0.6 is 0 Å². The minimum atomic E-state index is -0.0367. The second-order valence-corrected chi connectivity index (χ2v) is 5.23. The number of carbonyl (C=O) groups excluding carboxylic acids is 1. The van der Waals surface area contributed by atoms with E-state index in [9.17, 15) is 4.79 Å². The molecule has 0 N–H and O–H groups in total. The van der Waals surface area contributed by atoms with Gasteiger partial charge in [0.25, 0.3) is 0 Å². The first-order valence-corrected chi connectivity index (χ1v) is 6.83. The van der Waals surface area contributed by atoms with Gasteiger partial charge in [-0.25, -0.2) is 0 Å². The van der Waals surface area contributed by atoms with Crippen LogP contribution in [0.3, 0.4) is 0 Å². The molecule has 2 rings (SSSR count). The fourth-order valence-corrected chi connectivity index (χ4v) is 3.50. The molecule has 0 aliphatic heterocycles. The van der Waals surface area contributed by atoms with Crippen molar-refractivity contribution in [3.8, 4) is 0 Å². The fraction of sp³-hybridized carbons (Fsp3) is 0.562. The van der Waals surface area contributed by atoms with Gasteiger partial charge in [-0.15, -0.1) is 6.58 Å². The Morgan fingerprint density at radius 3 is 2.94 bits per heavy atom. The van der Waals surface area contributed by atoms with E-state index in [0.717, 1.165) is 19.3 Å². The Kier molecular flexibility index (Phi) is 4.05. The Hall–Kier alpha value is -1.31. The van der Waals surface area contributed by atoms with Gasteiger partial charge in [0.15, 0.2) is 0 Å². The predicted octanol–water partition coefficient (Wildman–Crippen LogP) is 3.51. The van der Waals surface area contributed by atoms with Crippen molar-refractivity contribution in [2.45, 2.75) is 26.2 Å². The highest BCUT2D eigenvalue weighted by molar-refractivity contribution is 5.74. The van der Waals surface area contributed by atoms with Gasteiger partial charge in [0.05, 0.1) is 12.5 Å². The molecule has 0 aromatic heterocycles.